The van der Waals surface area contributed by atoms with Crippen LogP contribution in [0.3, 0.4) is 0 Å². The summed E-state index contributed by atoms with van der Waals surface area (Å²) >= 11 is 0. The van der Waals surface area contributed by atoms with Crippen molar-refractivity contribution in [3.8, 4) is 6.07 Å². The lowest BCUT2D eigenvalue weighted by Gasteiger charge is -2.38. The van der Waals surface area contributed by atoms with Crippen molar-refractivity contribution >= 4 is 17.6 Å². The molecule has 1 saturated heterocycles. The number of piperidine rings is 1. The van der Waals surface area contributed by atoms with Gasteiger partial charge in [0, 0.05) is 38.8 Å². The van der Waals surface area contributed by atoms with Crippen LogP contribution in [0.4, 0.5) is 23.7 Å². The standard InChI is InChI=1S/C21H27F3N4O2/c1-3-15-14-28(11-8-16(15)12-19(29)27(2)10-5-9-25)20(30)26-18-7-4-6-17(13-18)21(22,23)24/h4,6-7,13,15-16H,3,5,8,10-12,14H2,1-2H3,(H,26,30). The highest BCUT2D eigenvalue weighted by Gasteiger charge is 2.33. The van der Waals surface area contributed by atoms with Gasteiger partial charge in [0.1, 0.15) is 0 Å². The molecule has 9 heteroatoms. The Kier molecular flexibility index (Phi) is 8.09. The first-order valence-electron chi connectivity index (χ1n) is 9.99. The number of hydrogen-bond acceptors (Lipinski definition) is 3. The molecule has 1 heterocycles. The van der Waals surface area contributed by atoms with E-state index in [2.05, 4.69) is 5.32 Å². The van der Waals surface area contributed by atoms with E-state index >= 15 is 0 Å². The lowest BCUT2D eigenvalue weighted by atomic mass is 9.81. The van der Waals surface area contributed by atoms with Gasteiger partial charge in [-0.05, 0) is 36.5 Å². The van der Waals surface area contributed by atoms with Crippen LogP contribution in [0.5, 0.6) is 0 Å². The predicted octanol–water partition coefficient (Wildman–Crippen LogP) is 4.35. The molecule has 1 N–H and O–H groups in total. The summed E-state index contributed by atoms with van der Waals surface area (Å²) in [6.07, 6.45) is -2.39. The highest BCUT2D eigenvalue weighted by atomic mass is 19.4. The third-order valence-corrected chi connectivity index (χ3v) is 5.57. The number of nitriles is 1. The Balaban J connectivity index is 1.95. The summed E-state index contributed by atoms with van der Waals surface area (Å²) in [6.45, 7) is 3.27. The van der Waals surface area contributed by atoms with E-state index in [4.69, 9.17) is 5.26 Å². The number of amides is 3. The van der Waals surface area contributed by atoms with E-state index in [1.807, 2.05) is 13.0 Å². The van der Waals surface area contributed by atoms with Crippen molar-refractivity contribution in [3.63, 3.8) is 0 Å². The minimum Gasteiger partial charge on any atom is -0.345 e. The average molecular weight is 424 g/mol. The van der Waals surface area contributed by atoms with Crippen molar-refractivity contribution in [2.24, 2.45) is 11.8 Å². The third kappa shape index (κ3) is 6.37. The maximum atomic E-state index is 12.9. The van der Waals surface area contributed by atoms with Crippen molar-refractivity contribution in [1.29, 1.82) is 5.26 Å². The Morgan fingerprint density at radius 2 is 2.07 bits per heavy atom. The summed E-state index contributed by atoms with van der Waals surface area (Å²) in [6, 6.07) is 6.13. The minimum atomic E-state index is -4.47. The summed E-state index contributed by atoms with van der Waals surface area (Å²) in [5, 5.41) is 11.2. The summed E-state index contributed by atoms with van der Waals surface area (Å²) in [5.41, 5.74) is -0.719. The first-order valence-corrected chi connectivity index (χ1v) is 9.99. The van der Waals surface area contributed by atoms with Crippen LogP contribution in [-0.4, -0.2) is 48.4 Å². The van der Waals surface area contributed by atoms with E-state index in [1.165, 1.54) is 12.1 Å². The van der Waals surface area contributed by atoms with E-state index in [0.29, 0.717) is 32.5 Å². The van der Waals surface area contributed by atoms with Crippen LogP contribution in [0.2, 0.25) is 0 Å². The van der Waals surface area contributed by atoms with Crippen molar-refractivity contribution < 1.29 is 22.8 Å². The number of halogens is 3. The maximum absolute atomic E-state index is 12.9. The minimum absolute atomic E-state index is 0.0180. The molecule has 2 unspecified atom stereocenters. The molecule has 164 valence electrons. The second kappa shape index (κ2) is 10.3. The van der Waals surface area contributed by atoms with E-state index in [1.54, 1.807) is 16.8 Å². The molecule has 0 saturated carbocycles. The Hall–Kier alpha value is -2.76. The molecule has 0 spiro atoms. The van der Waals surface area contributed by atoms with Crippen molar-refractivity contribution in [2.75, 3.05) is 32.0 Å². The van der Waals surface area contributed by atoms with Gasteiger partial charge in [0.15, 0.2) is 0 Å². The smallest absolute Gasteiger partial charge is 0.345 e. The molecule has 6 nitrogen and oxygen atoms in total. The van der Waals surface area contributed by atoms with E-state index in [0.717, 1.165) is 18.6 Å². The number of nitrogens with zero attached hydrogens (tertiary/aromatic N) is 3. The number of alkyl halides is 3. The fourth-order valence-corrected chi connectivity index (χ4v) is 3.69. The Labute approximate surface area is 174 Å². The molecule has 30 heavy (non-hydrogen) atoms. The van der Waals surface area contributed by atoms with Gasteiger partial charge in [0.2, 0.25) is 5.91 Å². The molecule has 1 aromatic carbocycles. The quantitative estimate of drug-likeness (QED) is 0.738. The van der Waals surface area contributed by atoms with Gasteiger partial charge in [0.05, 0.1) is 18.1 Å². The predicted molar refractivity (Wildman–Crippen MR) is 106 cm³/mol. The van der Waals surface area contributed by atoms with Gasteiger partial charge in [-0.25, -0.2) is 4.79 Å². The molecule has 2 rings (SSSR count). The van der Waals surface area contributed by atoms with Crippen LogP contribution >= 0.6 is 0 Å². The van der Waals surface area contributed by atoms with Gasteiger partial charge < -0.3 is 15.1 Å². The molecule has 1 fully saturated rings. The number of rotatable bonds is 6. The van der Waals surface area contributed by atoms with Gasteiger partial charge >= 0.3 is 12.2 Å². The average Bonchev–Trinajstić information content (AvgIpc) is 2.71. The maximum Gasteiger partial charge on any atom is 0.416 e. The fraction of sp³-hybridized carbons (Fsp3) is 0.571. The first-order chi connectivity index (χ1) is 14.2. The fourth-order valence-electron chi connectivity index (χ4n) is 3.69. The van der Waals surface area contributed by atoms with Gasteiger partial charge in [0.25, 0.3) is 0 Å². The zero-order valence-corrected chi connectivity index (χ0v) is 17.2. The number of carbonyl (C=O) groups excluding carboxylic acids is 2. The highest BCUT2D eigenvalue weighted by molar-refractivity contribution is 5.89. The number of benzene rings is 1. The molecular weight excluding hydrogens is 397 g/mol. The van der Waals surface area contributed by atoms with Crippen LogP contribution < -0.4 is 5.32 Å². The summed E-state index contributed by atoms with van der Waals surface area (Å²) in [4.78, 5) is 28.1. The van der Waals surface area contributed by atoms with Crippen molar-refractivity contribution in [1.82, 2.24) is 9.80 Å². The summed E-state index contributed by atoms with van der Waals surface area (Å²) in [5.74, 6) is 0.236. The molecule has 1 aliphatic heterocycles. The second-order valence-corrected chi connectivity index (χ2v) is 7.60. The zero-order valence-electron chi connectivity index (χ0n) is 17.2. The number of likely N-dealkylation sites (tertiary alicyclic amines) is 1. The van der Waals surface area contributed by atoms with Crippen LogP contribution in [0.1, 0.15) is 38.2 Å². The summed E-state index contributed by atoms with van der Waals surface area (Å²) in [7, 11) is 1.68. The Bertz CT molecular complexity index is 791. The van der Waals surface area contributed by atoms with Gasteiger partial charge in [-0.1, -0.05) is 19.4 Å². The van der Waals surface area contributed by atoms with Crippen LogP contribution in [-0.2, 0) is 11.0 Å². The largest absolute Gasteiger partial charge is 0.416 e. The van der Waals surface area contributed by atoms with E-state index in [-0.39, 0.29) is 29.9 Å². The number of anilines is 1. The number of hydrogen-bond donors (Lipinski definition) is 1. The number of nitrogens with one attached hydrogen (secondary N) is 1. The van der Waals surface area contributed by atoms with E-state index in [9.17, 15) is 22.8 Å². The SMILES string of the molecule is CCC1CN(C(=O)Nc2cccc(C(F)(F)F)c2)CCC1CC(=O)N(C)CCC#N. The summed E-state index contributed by atoms with van der Waals surface area (Å²) < 4.78 is 38.6. The first kappa shape index (κ1) is 23.5. The number of urea groups is 1. The Morgan fingerprint density at radius 3 is 2.70 bits per heavy atom. The molecule has 1 aliphatic rings. The van der Waals surface area contributed by atoms with E-state index < -0.39 is 17.8 Å². The van der Waals surface area contributed by atoms with Crippen molar-refractivity contribution in [2.45, 2.75) is 38.8 Å². The molecular formula is C21H27F3N4O2. The molecule has 0 aliphatic carbocycles. The lowest BCUT2D eigenvalue weighted by Crippen LogP contribution is -2.46. The van der Waals surface area contributed by atoms with Gasteiger partial charge in [-0.15, -0.1) is 0 Å². The van der Waals surface area contributed by atoms with Gasteiger partial charge in [-0.3, -0.25) is 4.79 Å². The molecule has 0 aromatic heterocycles. The van der Waals surface area contributed by atoms with Gasteiger partial charge in [-0.2, -0.15) is 18.4 Å². The highest BCUT2D eigenvalue weighted by Crippen LogP contribution is 2.32. The van der Waals surface area contributed by atoms with Crippen LogP contribution in [0.25, 0.3) is 0 Å². The zero-order chi connectivity index (χ0) is 22.3. The third-order valence-electron chi connectivity index (χ3n) is 5.57. The van der Waals surface area contributed by atoms with Crippen molar-refractivity contribution in [3.05, 3.63) is 29.8 Å². The molecule has 3 amide bonds. The monoisotopic (exact) mass is 424 g/mol. The van der Waals surface area contributed by atoms with Crippen LogP contribution in [0.15, 0.2) is 24.3 Å². The molecule has 1 aromatic rings. The number of carbonyl (C=O) groups is 2. The lowest BCUT2D eigenvalue weighted by molar-refractivity contribution is -0.137. The topological polar surface area (TPSA) is 76.4 Å². The molecule has 2 atom stereocenters. The van der Waals surface area contributed by atoms with Crippen LogP contribution in [0, 0.1) is 23.2 Å². The second-order valence-electron chi connectivity index (χ2n) is 7.60. The molecule has 0 bridgehead atoms. The Morgan fingerprint density at radius 1 is 1.33 bits per heavy atom. The normalized spacial score (nSPS) is 19.1. The molecule has 0 radical (unpaired) electrons.